The number of urea groups is 1. The van der Waals surface area contributed by atoms with Gasteiger partial charge in [-0.2, -0.15) is 0 Å². The smallest absolute Gasteiger partial charge is 0.315 e. The molecule has 1 saturated carbocycles. The van der Waals surface area contributed by atoms with Crippen molar-refractivity contribution in [1.29, 1.82) is 0 Å². The van der Waals surface area contributed by atoms with E-state index in [1.54, 1.807) is 7.11 Å². The first kappa shape index (κ1) is 19.0. The van der Waals surface area contributed by atoms with E-state index in [1.165, 1.54) is 19.3 Å². The summed E-state index contributed by atoms with van der Waals surface area (Å²) in [6, 6.07) is 0.235. The lowest BCUT2D eigenvalue weighted by molar-refractivity contribution is -0.133. The summed E-state index contributed by atoms with van der Waals surface area (Å²) in [5.41, 5.74) is 0. The second-order valence-electron chi connectivity index (χ2n) is 7.14. The molecule has 1 aliphatic carbocycles. The number of hydrogen-bond acceptors (Lipinski definition) is 3. The maximum absolute atomic E-state index is 12.3. The highest BCUT2D eigenvalue weighted by Gasteiger charge is 2.23. The van der Waals surface area contributed by atoms with E-state index in [0.717, 1.165) is 45.4 Å². The van der Waals surface area contributed by atoms with Crippen LogP contribution < -0.4 is 10.6 Å². The minimum atomic E-state index is -0.0903. The van der Waals surface area contributed by atoms with Gasteiger partial charge in [-0.3, -0.25) is 4.79 Å². The monoisotopic (exact) mass is 339 g/mol. The molecule has 3 amide bonds. The van der Waals surface area contributed by atoms with Crippen LogP contribution in [0, 0.1) is 5.92 Å². The highest BCUT2D eigenvalue weighted by molar-refractivity contribution is 5.76. The van der Waals surface area contributed by atoms with Crippen molar-refractivity contribution in [3.63, 3.8) is 0 Å². The molecule has 0 radical (unpaired) electrons. The lowest BCUT2D eigenvalue weighted by Crippen LogP contribution is -2.43. The van der Waals surface area contributed by atoms with Crippen LogP contribution in [-0.4, -0.2) is 56.2 Å². The van der Waals surface area contributed by atoms with E-state index in [9.17, 15) is 9.59 Å². The molecule has 2 aliphatic rings. The average molecular weight is 339 g/mol. The minimum absolute atomic E-state index is 0.0903. The molecule has 6 heteroatoms. The van der Waals surface area contributed by atoms with Crippen LogP contribution in [0.15, 0.2) is 0 Å². The van der Waals surface area contributed by atoms with Crippen molar-refractivity contribution in [2.45, 2.75) is 63.8 Å². The molecule has 0 aromatic heterocycles. The molecule has 1 heterocycles. The molecule has 1 atom stereocenters. The Morgan fingerprint density at radius 1 is 1.12 bits per heavy atom. The first-order chi connectivity index (χ1) is 11.7. The van der Waals surface area contributed by atoms with Crippen molar-refractivity contribution in [2.24, 2.45) is 5.92 Å². The Morgan fingerprint density at radius 2 is 1.92 bits per heavy atom. The van der Waals surface area contributed by atoms with Crippen LogP contribution in [0.1, 0.15) is 57.8 Å². The predicted octanol–water partition coefficient (Wildman–Crippen LogP) is 2.28. The molecular weight excluding hydrogens is 306 g/mol. The second-order valence-corrected chi connectivity index (χ2v) is 7.14. The number of hydrogen-bond donors (Lipinski definition) is 2. The lowest BCUT2D eigenvalue weighted by atomic mass is 9.96. The maximum atomic E-state index is 12.3. The van der Waals surface area contributed by atoms with Gasteiger partial charge in [-0.05, 0) is 38.0 Å². The Bertz CT molecular complexity index is 395. The van der Waals surface area contributed by atoms with Gasteiger partial charge in [-0.1, -0.05) is 19.3 Å². The molecule has 0 aromatic carbocycles. The summed E-state index contributed by atoms with van der Waals surface area (Å²) in [5, 5.41) is 5.91. The van der Waals surface area contributed by atoms with Gasteiger partial charge in [0, 0.05) is 39.2 Å². The van der Waals surface area contributed by atoms with Crippen LogP contribution in [-0.2, 0) is 9.53 Å². The molecule has 0 spiro atoms. The fourth-order valence-electron chi connectivity index (χ4n) is 3.75. The third-order valence-electron chi connectivity index (χ3n) is 5.07. The standard InChI is InChI=1S/C18H33N3O3/c1-24-14-15-7-6-12-21(13-15)17(22)10-5-11-19-18(23)20-16-8-3-2-4-9-16/h15-16H,2-14H2,1H3,(H2,19,20,23). The molecule has 1 unspecified atom stereocenters. The van der Waals surface area contributed by atoms with Crippen LogP contribution >= 0.6 is 0 Å². The Balaban J connectivity index is 1.56. The zero-order valence-electron chi connectivity index (χ0n) is 15.0. The molecular formula is C18H33N3O3. The summed E-state index contributed by atoms with van der Waals surface area (Å²) in [6.45, 7) is 2.95. The van der Waals surface area contributed by atoms with Crippen LogP contribution in [0.5, 0.6) is 0 Å². The number of rotatable bonds is 7. The summed E-state index contributed by atoms with van der Waals surface area (Å²) in [7, 11) is 1.71. The van der Waals surface area contributed by atoms with E-state index in [4.69, 9.17) is 4.74 Å². The van der Waals surface area contributed by atoms with Crippen LogP contribution in [0.2, 0.25) is 0 Å². The SMILES string of the molecule is COCC1CCCN(C(=O)CCCNC(=O)NC2CCCCC2)C1. The number of nitrogens with zero attached hydrogens (tertiary/aromatic N) is 1. The number of likely N-dealkylation sites (tertiary alicyclic amines) is 1. The summed E-state index contributed by atoms with van der Waals surface area (Å²) in [6.07, 6.45) is 9.27. The molecule has 1 saturated heterocycles. The zero-order chi connectivity index (χ0) is 17.2. The maximum Gasteiger partial charge on any atom is 0.315 e. The molecule has 0 bridgehead atoms. The molecule has 138 valence electrons. The van der Waals surface area contributed by atoms with Gasteiger partial charge < -0.3 is 20.3 Å². The van der Waals surface area contributed by atoms with Crippen molar-refractivity contribution in [2.75, 3.05) is 33.4 Å². The largest absolute Gasteiger partial charge is 0.384 e. The number of carbonyl (C=O) groups excluding carboxylic acids is 2. The molecule has 1 aliphatic heterocycles. The van der Waals surface area contributed by atoms with Crippen LogP contribution in [0.25, 0.3) is 0 Å². The van der Waals surface area contributed by atoms with Gasteiger partial charge in [0.25, 0.3) is 0 Å². The van der Waals surface area contributed by atoms with Gasteiger partial charge in [-0.15, -0.1) is 0 Å². The predicted molar refractivity (Wildman–Crippen MR) is 93.8 cm³/mol. The first-order valence-electron chi connectivity index (χ1n) is 9.50. The van der Waals surface area contributed by atoms with E-state index in [1.807, 2.05) is 4.90 Å². The van der Waals surface area contributed by atoms with Crippen molar-refractivity contribution in [3.05, 3.63) is 0 Å². The molecule has 2 N–H and O–H groups in total. The molecule has 6 nitrogen and oxygen atoms in total. The summed E-state index contributed by atoms with van der Waals surface area (Å²) < 4.78 is 5.20. The number of nitrogens with one attached hydrogen (secondary N) is 2. The normalized spacial score (nSPS) is 22.2. The quantitative estimate of drug-likeness (QED) is 0.699. The Morgan fingerprint density at radius 3 is 2.67 bits per heavy atom. The Hall–Kier alpha value is -1.30. The highest BCUT2D eigenvalue weighted by Crippen LogP contribution is 2.18. The summed E-state index contributed by atoms with van der Waals surface area (Å²) >= 11 is 0. The van der Waals surface area contributed by atoms with Crippen molar-refractivity contribution in [1.82, 2.24) is 15.5 Å². The van der Waals surface area contributed by atoms with Crippen molar-refractivity contribution >= 4 is 11.9 Å². The van der Waals surface area contributed by atoms with Gasteiger partial charge in [0.1, 0.15) is 0 Å². The van der Waals surface area contributed by atoms with Crippen LogP contribution in [0.4, 0.5) is 4.79 Å². The summed E-state index contributed by atoms with van der Waals surface area (Å²) in [5.74, 6) is 0.664. The minimum Gasteiger partial charge on any atom is -0.384 e. The second kappa shape index (κ2) is 10.5. The van der Waals surface area contributed by atoms with E-state index in [2.05, 4.69) is 10.6 Å². The van der Waals surface area contributed by atoms with Crippen molar-refractivity contribution in [3.8, 4) is 0 Å². The number of amides is 3. The number of ether oxygens (including phenoxy) is 1. The van der Waals surface area contributed by atoms with E-state index >= 15 is 0 Å². The third kappa shape index (κ3) is 6.67. The number of piperidine rings is 1. The molecule has 0 aromatic rings. The Kier molecular flexibility index (Phi) is 8.36. The van der Waals surface area contributed by atoms with Gasteiger partial charge in [0.2, 0.25) is 5.91 Å². The van der Waals surface area contributed by atoms with Crippen molar-refractivity contribution < 1.29 is 14.3 Å². The molecule has 24 heavy (non-hydrogen) atoms. The lowest BCUT2D eigenvalue weighted by Gasteiger charge is -2.32. The zero-order valence-corrected chi connectivity index (χ0v) is 15.0. The van der Waals surface area contributed by atoms with Crippen LogP contribution in [0.3, 0.4) is 0 Å². The number of carbonyl (C=O) groups is 2. The molecule has 2 fully saturated rings. The summed E-state index contributed by atoms with van der Waals surface area (Å²) in [4.78, 5) is 26.1. The third-order valence-corrected chi connectivity index (χ3v) is 5.07. The van der Waals surface area contributed by atoms with E-state index in [0.29, 0.717) is 31.3 Å². The van der Waals surface area contributed by atoms with E-state index < -0.39 is 0 Å². The van der Waals surface area contributed by atoms with Gasteiger partial charge in [0.15, 0.2) is 0 Å². The fourth-order valence-corrected chi connectivity index (χ4v) is 3.75. The fraction of sp³-hybridized carbons (Fsp3) is 0.889. The van der Waals surface area contributed by atoms with Gasteiger partial charge in [0.05, 0.1) is 6.61 Å². The number of methoxy groups -OCH3 is 1. The Labute approximate surface area is 145 Å². The first-order valence-corrected chi connectivity index (χ1v) is 9.50. The van der Waals surface area contributed by atoms with Gasteiger partial charge in [-0.25, -0.2) is 4.79 Å². The topological polar surface area (TPSA) is 70.7 Å². The average Bonchev–Trinajstić information content (AvgIpc) is 2.60. The molecule has 2 rings (SSSR count). The van der Waals surface area contributed by atoms with E-state index in [-0.39, 0.29) is 11.9 Å². The highest BCUT2D eigenvalue weighted by atomic mass is 16.5. The van der Waals surface area contributed by atoms with Gasteiger partial charge >= 0.3 is 6.03 Å².